The van der Waals surface area contributed by atoms with Crippen molar-refractivity contribution in [1.82, 2.24) is 19.9 Å². The van der Waals surface area contributed by atoms with Gasteiger partial charge in [-0.15, -0.1) is 0 Å². The SMILES string of the molecule is COc1nc(NCCN(C(=O)O)C(C)C)nc(OC)c1NC(=O)c1csc(Oc2cc(OC(C)C)ccc2C)n1. The second-order valence-corrected chi connectivity index (χ2v) is 9.91. The van der Waals surface area contributed by atoms with Gasteiger partial charge in [-0.05, 0) is 46.2 Å². The van der Waals surface area contributed by atoms with Crippen LogP contribution in [-0.2, 0) is 0 Å². The van der Waals surface area contributed by atoms with Crippen LogP contribution in [0.2, 0.25) is 0 Å². The van der Waals surface area contributed by atoms with Gasteiger partial charge in [-0.1, -0.05) is 17.4 Å². The summed E-state index contributed by atoms with van der Waals surface area (Å²) in [6.45, 7) is 9.80. The largest absolute Gasteiger partial charge is 0.491 e. The molecule has 14 heteroatoms. The highest BCUT2D eigenvalue weighted by Gasteiger charge is 2.22. The number of benzene rings is 1. The van der Waals surface area contributed by atoms with Crippen molar-refractivity contribution in [3.8, 4) is 28.5 Å². The van der Waals surface area contributed by atoms with Crippen LogP contribution < -0.4 is 29.6 Å². The third kappa shape index (κ3) is 7.85. The maximum absolute atomic E-state index is 13.0. The molecule has 0 unspecified atom stereocenters. The molecule has 2 aromatic heterocycles. The van der Waals surface area contributed by atoms with Gasteiger partial charge in [0.2, 0.25) is 17.7 Å². The van der Waals surface area contributed by atoms with Gasteiger partial charge in [0, 0.05) is 30.6 Å². The van der Waals surface area contributed by atoms with E-state index in [1.165, 1.54) is 19.1 Å². The van der Waals surface area contributed by atoms with Gasteiger partial charge in [0.25, 0.3) is 11.1 Å². The molecule has 0 radical (unpaired) electrons. The third-order valence-corrected chi connectivity index (χ3v) is 6.13. The summed E-state index contributed by atoms with van der Waals surface area (Å²) in [5.41, 5.74) is 1.11. The summed E-state index contributed by atoms with van der Waals surface area (Å²) >= 11 is 1.16. The van der Waals surface area contributed by atoms with E-state index in [1.54, 1.807) is 25.3 Å². The van der Waals surface area contributed by atoms with Gasteiger partial charge < -0.3 is 39.6 Å². The van der Waals surface area contributed by atoms with Gasteiger partial charge in [0.05, 0.1) is 20.3 Å². The van der Waals surface area contributed by atoms with Gasteiger partial charge in [-0.25, -0.2) is 4.79 Å². The van der Waals surface area contributed by atoms with Gasteiger partial charge in [0.15, 0.2) is 5.69 Å². The number of amides is 2. The van der Waals surface area contributed by atoms with E-state index in [0.29, 0.717) is 11.5 Å². The lowest BCUT2D eigenvalue weighted by molar-refractivity contribution is 0.102. The lowest BCUT2D eigenvalue weighted by Gasteiger charge is -2.23. The molecule has 3 rings (SSSR count). The van der Waals surface area contributed by atoms with Crippen molar-refractivity contribution in [2.24, 2.45) is 0 Å². The number of thiazole rings is 1. The Hall–Kier alpha value is -4.33. The van der Waals surface area contributed by atoms with Crippen LogP contribution in [0.15, 0.2) is 23.6 Å². The molecular formula is C26H34N6O7S. The minimum atomic E-state index is -1.02. The number of anilines is 2. The Balaban J connectivity index is 1.72. The minimum absolute atomic E-state index is 0.0145. The number of aromatic nitrogens is 3. The molecule has 3 aromatic rings. The predicted octanol–water partition coefficient (Wildman–Crippen LogP) is 4.89. The Labute approximate surface area is 236 Å². The monoisotopic (exact) mass is 574 g/mol. The first-order chi connectivity index (χ1) is 19.0. The summed E-state index contributed by atoms with van der Waals surface area (Å²) in [5, 5.41) is 16.8. The summed E-state index contributed by atoms with van der Waals surface area (Å²) in [4.78, 5) is 38.5. The first kappa shape index (κ1) is 30.2. The molecule has 0 fully saturated rings. The Morgan fingerprint density at radius 3 is 2.33 bits per heavy atom. The molecule has 216 valence electrons. The quantitative estimate of drug-likeness (QED) is 0.255. The molecule has 2 amide bonds. The minimum Gasteiger partial charge on any atom is -0.491 e. The highest BCUT2D eigenvalue weighted by molar-refractivity contribution is 7.11. The molecule has 0 spiro atoms. The molecule has 40 heavy (non-hydrogen) atoms. The Morgan fingerprint density at radius 1 is 1.07 bits per heavy atom. The fraction of sp³-hybridized carbons (Fsp3) is 0.423. The Kier molecular flexibility index (Phi) is 10.3. The molecule has 13 nitrogen and oxygen atoms in total. The van der Waals surface area contributed by atoms with Crippen LogP contribution in [-0.4, -0.2) is 76.4 Å². The Bertz CT molecular complexity index is 1310. The third-order valence-electron chi connectivity index (χ3n) is 5.42. The average molecular weight is 575 g/mol. The summed E-state index contributed by atoms with van der Waals surface area (Å²) in [6, 6.07) is 5.34. The number of hydrogen-bond acceptors (Lipinski definition) is 11. The van der Waals surface area contributed by atoms with Crippen molar-refractivity contribution >= 4 is 35.0 Å². The van der Waals surface area contributed by atoms with Crippen molar-refractivity contribution in [2.75, 3.05) is 37.9 Å². The number of aryl methyl sites for hydroxylation is 1. The number of nitrogens with one attached hydrogen (secondary N) is 2. The van der Waals surface area contributed by atoms with E-state index in [1.807, 2.05) is 32.9 Å². The number of nitrogens with zero attached hydrogens (tertiary/aromatic N) is 4. The fourth-order valence-corrected chi connectivity index (χ4v) is 4.14. The zero-order valence-corrected chi connectivity index (χ0v) is 24.3. The maximum atomic E-state index is 13.0. The first-order valence-corrected chi connectivity index (χ1v) is 13.4. The van der Waals surface area contributed by atoms with Crippen LogP contribution in [0.1, 0.15) is 43.7 Å². The van der Waals surface area contributed by atoms with E-state index in [2.05, 4.69) is 25.6 Å². The van der Waals surface area contributed by atoms with Crippen LogP contribution in [0.5, 0.6) is 28.5 Å². The summed E-state index contributed by atoms with van der Waals surface area (Å²) in [6.07, 6.45) is -1.01. The van der Waals surface area contributed by atoms with Crippen LogP contribution in [0.3, 0.4) is 0 Å². The summed E-state index contributed by atoms with van der Waals surface area (Å²) < 4.78 is 22.4. The molecule has 0 bridgehead atoms. The molecule has 0 atom stereocenters. The maximum Gasteiger partial charge on any atom is 0.407 e. The van der Waals surface area contributed by atoms with Crippen molar-refractivity contribution in [1.29, 1.82) is 0 Å². The molecule has 1 aromatic carbocycles. The smallest absolute Gasteiger partial charge is 0.407 e. The van der Waals surface area contributed by atoms with E-state index in [4.69, 9.17) is 18.9 Å². The number of rotatable bonds is 13. The number of hydrogen-bond donors (Lipinski definition) is 3. The second kappa shape index (κ2) is 13.6. The average Bonchev–Trinajstić information content (AvgIpc) is 3.36. The van der Waals surface area contributed by atoms with E-state index in [9.17, 15) is 14.7 Å². The molecule has 0 saturated heterocycles. The van der Waals surface area contributed by atoms with Crippen LogP contribution >= 0.6 is 11.3 Å². The lowest BCUT2D eigenvalue weighted by atomic mass is 10.2. The number of carbonyl (C=O) groups is 2. The van der Waals surface area contributed by atoms with Crippen LogP contribution in [0, 0.1) is 6.92 Å². The molecule has 3 N–H and O–H groups in total. The van der Waals surface area contributed by atoms with Gasteiger partial charge in [0.1, 0.15) is 17.2 Å². The normalized spacial score (nSPS) is 10.8. The van der Waals surface area contributed by atoms with E-state index < -0.39 is 12.0 Å². The topological polar surface area (TPSA) is 157 Å². The summed E-state index contributed by atoms with van der Waals surface area (Å²) in [5.74, 6) is 0.927. The zero-order chi connectivity index (χ0) is 29.4. The predicted molar refractivity (Wildman–Crippen MR) is 151 cm³/mol. The van der Waals surface area contributed by atoms with E-state index >= 15 is 0 Å². The second-order valence-electron chi connectivity index (χ2n) is 9.09. The highest BCUT2D eigenvalue weighted by Crippen LogP contribution is 2.34. The van der Waals surface area contributed by atoms with Gasteiger partial charge >= 0.3 is 6.09 Å². The number of carbonyl (C=O) groups excluding carboxylic acids is 1. The number of ether oxygens (including phenoxy) is 4. The van der Waals surface area contributed by atoms with Crippen molar-refractivity contribution in [3.05, 3.63) is 34.8 Å². The van der Waals surface area contributed by atoms with Crippen molar-refractivity contribution in [2.45, 2.75) is 46.8 Å². The first-order valence-electron chi connectivity index (χ1n) is 12.5. The highest BCUT2D eigenvalue weighted by atomic mass is 32.1. The summed E-state index contributed by atoms with van der Waals surface area (Å²) in [7, 11) is 2.78. The Morgan fingerprint density at radius 2 is 1.75 bits per heavy atom. The van der Waals surface area contributed by atoms with Gasteiger partial charge in [-0.2, -0.15) is 15.0 Å². The number of methoxy groups -OCH3 is 2. The molecule has 0 saturated carbocycles. The number of carboxylic acid groups (broad SMARTS) is 1. The molecule has 0 aliphatic heterocycles. The molecule has 2 heterocycles. The van der Waals surface area contributed by atoms with E-state index in [0.717, 1.165) is 16.9 Å². The van der Waals surface area contributed by atoms with Crippen molar-refractivity contribution in [3.63, 3.8) is 0 Å². The van der Waals surface area contributed by atoms with Crippen LogP contribution in [0.4, 0.5) is 16.4 Å². The van der Waals surface area contributed by atoms with E-state index in [-0.39, 0.29) is 59.5 Å². The molecule has 0 aliphatic carbocycles. The molecule has 0 aliphatic rings. The van der Waals surface area contributed by atoms with Crippen molar-refractivity contribution < 1.29 is 33.6 Å². The molecular weight excluding hydrogens is 540 g/mol. The zero-order valence-electron chi connectivity index (χ0n) is 23.5. The van der Waals surface area contributed by atoms with Crippen LogP contribution in [0.25, 0.3) is 0 Å². The fourth-order valence-electron chi connectivity index (χ4n) is 3.48. The standard InChI is InChI=1S/C26H34N6O7S/c1-14(2)32(26(34)35)11-10-27-24-30-22(36-6)20(23(31-24)37-7)29-21(33)18-13-40-25(28-18)39-19-12-17(38-15(3)4)9-8-16(19)5/h8-9,12-15H,10-11H2,1-7H3,(H,29,33)(H,34,35)(H,27,30,31). The lowest BCUT2D eigenvalue weighted by Crippen LogP contribution is -2.39. The van der Waals surface area contributed by atoms with Gasteiger partial charge in [-0.3, -0.25) is 4.79 Å².